The number of fused-ring (bicyclic) bond motifs is 2. The molecule has 36 heavy (non-hydrogen) atoms. The van der Waals surface area contributed by atoms with Gasteiger partial charge in [-0.15, -0.1) is 0 Å². The highest BCUT2D eigenvalue weighted by molar-refractivity contribution is 5.75. The molecule has 3 fully saturated rings. The number of aromatic nitrogens is 1. The van der Waals surface area contributed by atoms with Crippen molar-refractivity contribution in [1.29, 1.82) is 0 Å². The number of benzene rings is 1. The van der Waals surface area contributed by atoms with Crippen LogP contribution in [-0.4, -0.2) is 35.8 Å². The highest BCUT2D eigenvalue weighted by atomic mass is 19.1. The van der Waals surface area contributed by atoms with Crippen molar-refractivity contribution in [2.45, 2.75) is 51.7 Å². The van der Waals surface area contributed by atoms with Gasteiger partial charge in [0, 0.05) is 23.7 Å². The maximum absolute atomic E-state index is 13.6. The van der Waals surface area contributed by atoms with Crippen molar-refractivity contribution in [1.82, 2.24) is 10.3 Å². The number of cyclic esters (lactones) is 1. The van der Waals surface area contributed by atoms with Crippen LogP contribution >= 0.6 is 0 Å². The van der Waals surface area contributed by atoms with Crippen LogP contribution in [0.2, 0.25) is 0 Å². The quantitative estimate of drug-likeness (QED) is 0.548. The second-order valence-corrected chi connectivity index (χ2v) is 10.3. The normalized spacial score (nSPS) is 31.4. The van der Waals surface area contributed by atoms with Gasteiger partial charge in [0.1, 0.15) is 11.9 Å². The molecular weight excluding hydrogens is 459 g/mol. The minimum absolute atomic E-state index is 0.0679. The fourth-order valence-corrected chi connectivity index (χ4v) is 6.64. The van der Waals surface area contributed by atoms with Crippen LogP contribution in [-0.2, 0) is 14.3 Å². The average Bonchev–Trinajstić information content (AvgIpc) is 3.15. The van der Waals surface area contributed by atoms with Gasteiger partial charge in [0.25, 0.3) is 0 Å². The average molecular weight is 493 g/mol. The molecule has 0 unspecified atom stereocenters. The van der Waals surface area contributed by atoms with E-state index in [1.54, 1.807) is 19.2 Å². The number of amides is 1. The van der Waals surface area contributed by atoms with Crippen LogP contribution in [0.4, 0.5) is 9.18 Å². The van der Waals surface area contributed by atoms with E-state index in [4.69, 9.17) is 9.47 Å². The minimum Gasteiger partial charge on any atom is -0.462 e. The molecule has 6 nitrogen and oxygen atoms in total. The van der Waals surface area contributed by atoms with Crippen LogP contribution in [0.25, 0.3) is 17.2 Å². The monoisotopic (exact) mass is 492 g/mol. The third-order valence-electron chi connectivity index (χ3n) is 8.18. The van der Waals surface area contributed by atoms with E-state index in [-0.39, 0.29) is 47.8 Å². The highest BCUT2D eigenvalue weighted by Crippen LogP contribution is 2.53. The van der Waals surface area contributed by atoms with Gasteiger partial charge < -0.3 is 14.8 Å². The predicted molar refractivity (Wildman–Crippen MR) is 134 cm³/mol. The van der Waals surface area contributed by atoms with Gasteiger partial charge in [0.05, 0.1) is 18.2 Å². The van der Waals surface area contributed by atoms with Crippen LogP contribution in [0.1, 0.15) is 45.2 Å². The first-order chi connectivity index (χ1) is 17.4. The Morgan fingerprint density at radius 3 is 2.83 bits per heavy atom. The largest absolute Gasteiger partial charge is 0.462 e. The summed E-state index contributed by atoms with van der Waals surface area (Å²) < 4.78 is 24.3. The maximum Gasteiger partial charge on any atom is 0.407 e. The van der Waals surface area contributed by atoms with E-state index >= 15 is 0 Å². The van der Waals surface area contributed by atoms with E-state index in [1.807, 2.05) is 31.2 Å². The second-order valence-electron chi connectivity index (χ2n) is 10.3. The standard InChI is InChI=1S/C29H33FN2O4/c1-3-35-29(34)32-23-10-11-24-20(14-23)15-26-27(17(2)36-28(26)33)25(24)12-9-22-8-7-19(16-31-22)18-5-4-6-21(30)13-18/h4-9,12-13,16-17,20,23-27H,3,10-11,14-15H2,1-2H3,(H,32,34)/t17-,20+,23+,24+,25+,26+,27-/m0/s1. The van der Waals surface area contributed by atoms with Crippen molar-refractivity contribution in [3.05, 3.63) is 60.2 Å². The lowest BCUT2D eigenvalue weighted by Gasteiger charge is -2.47. The number of nitrogens with zero attached hydrogens (tertiary/aromatic N) is 1. The molecule has 2 saturated carbocycles. The SMILES string of the molecule is CCOC(=O)N[C@@H]1CC[C@@H]2[C@H](C1)C[C@H]1C(=O)O[C@@H](C)[C@H]1[C@@H]2C=Cc1ccc(-c2cccc(F)c2)cn1. The molecular formula is C29H33FN2O4. The lowest BCUT2D eigenvalue weighted by atomic mass is 9.57. The van der Waals surface area contributed by atoms with Gasteiger partial charge in [-0.2, -0.15) is 0 Å². The molecule has 1 aliphatic heterocycles. The molecule has 7 heteroatoms. The fourth-order valence-electron chi connectivity index (χ4n) is 6.64. The number of hydrogen-bond acceptors (Lipinski definition) is 5. The molecule has 1 aromatic carbocycles. The topological polar surface area (TPSA) is 77.5 Å². The van der Waals surface area contributed by atoms with E-state index in [1.165, 1.54) is 12.1 Å². The summed E-state index contributed by atoms with van der Waals surface area (Å²) in [5.74, 6) is 0.629. The smallest absolute Gasteiger partial charge is 0.407 e. The number of halogens is 1. The molecule has 1 amide bonds. The molecule has 2 aliphatic carbocycles. The van der Waals surface area contributed by atoms with Crippen molar-refractivity contribution in [3.8, 4) is 11.1 Å². The van der Waals surface area contributed by atoms with E-state index in [0.29, 0.717) is 18.4 Å². The van der Waals surface area contributed by atoms with Crippen LogP contribution in [0.15, 0.2) is 48.7 Å². The number of carbonyl (C=O) groups excluding carboxylic acids is 2. The molecule has 0 bridgehead atoms. The summed E-state index contributed by atoms with van der Waals surface area (Å²) in [6.45, 7) is 4.15. The van der Waals surface area contributed by atoms with Crippen LogP contribution < -0.4 is 5.32 Å². The number of ether oxygens (including phenoxy) is 2. The van der Waals surface area contributed by atoms with Crippen LogP contribution in [0, 0.1) is 35.4 Å². The molecule has 190 valence electrons. The number of allylic oxidation sites excluding steroid dienone is 1. The Balaban J connectivity index is 1.34. The summed E-state index contributed by atoms with van der Waals surface area (Å²) in [6, 6.07) is 10.4. The molecule has 0 spiro atoms. The van der Waals surface area contributed by atoms with Crippen molar-refractivity contribution in [2.24, 2.45) is 29.6 Å². The van der Waals surface area contributed by atoms with Crippen molar-refractivity contribution in [3.63, 3.8) is 0 Å². The first-order valence-corrected chi connectivity index (χ1v) is 13.0. The Kier molecular flexibility index (Phi) is 7.08. The molecule has 1 aromatic heterocycles. The molecule has 1 saturated heterocycles. The molecule has 0 radical (unpaired) electrons. The lowest BCUT2D eigenvalue weighted by Crippen LogP contribution is -2.48. The summed E-state index contributed by atoms with van der Waals surface area (Å²) in [5, 5.41) is 3.00. The maximum atomic E-state index is 13.6. The Labute approximate surface area is 211 Å². The highest BCUT2D eigenvalue weighted by Gasteiger charge is 2.54. The van der Waals surface area contributed by atoms with Gasteiger partial charge >= 0.3 is 12.1 Å². The molecule has 7 atom stereocenters. The van der Waals surface area contributed by atoms with E-state index in [2.05, 4.69) is 16.4 Å². The Morgan fingerprint density at radius 2 is 2.08 bits per heavy atom. The summed E-state index contributed by atoms with van der Waals surface area (Å²) in [6.07, 6.45) is 9.07. The van der Waals surface area contributed by atoms with E-state index < -0.39 is 0 Å². The van der Waals surface area contributed by atoms with E-state index in [0.717, 1.165) is 42.5 Å². The van der Waals surface area contributed by atoms with Crippen molar-refractivity contribution < 1.29 is 23.5 Å². The second kappa shape index (κ2) is 10.4. The molecule has 2 heterocycles. The third kappa shape index (κ3) is 5.01. The van der Waals surface area contributed by atoms with Gasteiger partial charge in [0.15, 0.2) is 0 Å². The van der Waals surface area contributed by atoms with E-state index in [9.17, 15) is 14.0 Å². The molecule has 5 rings (SSSR count). The van der Waals surface area contributed by atoms with Gasteiger partial charge in [0.2, 0.25) is 0 Å². The number of carbonyl (C=O) groups is 2. The summed E-state index contributed by atoms with van der Waals surface area (Å²) in [5.41, 5.74) is 2.48. The number of pyridine rings is 1. The van der Waals surface area contributed by atoms with Gasteiger partial charge in [-0.25, -0.2) is 9.18 Å². The number of rotatable bonds is 5. The predicted octanol–water partition coefficient (Wildman–Crippen LogP) is 5.63. The van der Waals surface area contributed by atoms with Gasteiger partial charge in [-0.3, -0.25) is 9.78 Å². The summed E-state index contributed by atoms with van der Waals surface area (Å²) in [4.78, 5) is 29.2. The lowest BCUT2D eigenvalue weighted by molar-refractivity contribution is -0.144. The number of alkyl carbamates (subject to hydrolysis) is 1. The van der Waals surface area contributed by atoms with Crippen molar-refractivity contribution in [2.75, 3.05) is 6.61 Å². The first-order valence-electron chi connectivity index (χ1n) is 13.0. The molecule has 3 aliphatic rings. The Bertz CT molecular complexity index is 1130. The zero-order valence-electron chi connectivity index (χ0n) is 20.7. The first kappa shape index (κ1) is 24.5. The van der Waals surface area contributed by atoms with Gasteiger partial charge in [-0.1, -0.05) is 24.3 Å². The van der Waals surface area contributed by atoms with Crippen LogP contribution in [0.5, 0.6) is 0 Å². The zero-order valence-corrected chi connectivity index (χ0v) is 20.7. The Hall–Kier alpha value is -3.22. The van der Waals surface area contributed by atoms with Crippen LogP contribution in [0.3, 0.4) is 0 Å². The summed E-state index contributed by atoms with van der Waals surface area (Å²) >= 11 is 0. The summed E-state index contributed by atoms with van der Waals surface area (Å²) in [7, 11) is 0. The Morgan fingerprint density at radius 1 is 1.22 bits per heavy atom. The third-order valence-corrected chi connectivity index (χ3v) is 8.18. The number of nitrogens with one attached hydrogen (secondary N) is 1. The number of esters is 1. The fraction of sp³-hybridized carbons (Fsp3) is 0.483. The molecule has 2 aromatic rings. The van der Waals surface area contributed by atoms with Gasteiger partial charge in [-0.05, 0) is 87.1 Å². The number of hydrogen-bond donors (Lipinski definition) is 1. The molecule has 1 N–H and O–H groups in total. The minimum atomic E-state index is -0.368. The zero-order chi connectivity index (χ0) is 25.2. The van der Waals surface area contributed by atoms with Crippen molar-refractivity contribution >= 4 is 18.1 Å².